The number of likely N-dealkylation sites (N-methyl/N-ethyl adjacent to an activating group) is 3. The molecule has 0 radical (unpaired) electrons. The Bertz CT molecular complexity index is 211. The second-order valence-electron chi connectivity index (χ2n) is 5.55. The molecule has 1 aliphatic carbocycles. The number of hydrogen-bond acceptors (Lipinski definition) is 4. The molecule has 0 aromatic heterocycles. The SMILES string of the molecule is CNCC(COC)N(C)CC1(N(C)C)CCC1. The van der Waals surface area contributed by atoms with Gasteiger partial charge in [0.2, 0.25) is 0 Å². The first-order chi connectivity index (χ1) is 8.05. The summed E-state index contributed by atoms with van der Waals surface area (Å²) in [7, 11) is 10.4. The van der Waals surface area contributed by atoms with Gasteiger partial charge in [0.25, 0.3) is 0 Å². The van der Waals surface area contributed by atoms with Crippen LogP contribution in [-0.4, -0.2) is 76.4 Å². The monoisotopic (exact) mass is 243 g/mol. The Balaban J connectivity index is 2.52. The van der Waals surface area contributed by atoms with Crippen molar-refractivity contribution >= 4 is 0 Å². The lowest BCUT2D eigenvalue weighted by Crippen LogP contribution is -2.59. The minimum atomic E-state index is 0.397. The number of methoxy groups -OCH3 is 1. The van der Waals surface area contributed by atoms with Gasteiger partial charge in [-0.3, -0.25) is 4.90 Å². The molecular formula is C13H29N3O. The van der Waals surface area contributed by atoms with Crippen LogP contribution in [0.1, 0.15) is 19.3 Å². The van der Waals surface area contributed by atoms with E-state index in [4.69, 9.17) is 4.74 Å². The van der Waals surface area contributed by atoms with E-state index in [9.17, 15) is 0 Å². The zero-order chi connectivity index (χ0) is 12.9. The second kappa shape index (κ2) is 6.69. The summed E-state index contributed by atoms with van der Waals surface area (Å²) in [4.78, 5) is 4.84. The van der Waals surface area contributed by atoms with E-state index in [0.29, 0.717) is 11.6 Å². The molecule has 1 unspecified atom stereocenters. The van der Waals surface area contributed by atoms with Gasteiger partial charge in [0.15, 0.2) is 0 Å². The quantitative estimate of drug-likeness (QED) is 0.677. The lowest BCUT2D eigenvalue weighted by atomic mass is 9.75. The first-order valence-corrected chi connectivity index (χ1v) is 6.57. The molecule has 0 heterocycles. The van der Waals surface area contributed by atoms with Crippen molar-refractivity contribution in [2.75, 3.05) is 55.0 Å². The van der Waals surface area contributed by atoms with Crippen LogP contribution in [-0.2, 0) is 4.74 Å². The van der Waals surface area contributed by atoms with Gasteiger partial charge >= 0.3 is 0 Å². The molecule has 0 spiro atoms. The molecule has 1 aliphatic rings. The summed E-state index contributed by atoms with van der Waals surface area (Å²) < 4.78 is 5.31. The zero-order valence-electron chi connectivity index (χ0n) is 12.1. The normalized spacial score (nSPS) is 20.6. The molecule has 4 nitrogen and oxygen atoms in total. The Morgan fingerprint density at radius 3 is 2.29 bits per heavy atom. The molecule has 0 aliphatic heterocycles. The Morgan fingerprint density at radius 1 is 1.29 bits per heavy atom. The van der Waals surface area contributed by atoms with Crippen molar-refractivity contribution in [1.82, 2.24) is 15.1 Å². The van der Waals surface area contributed by atoms with Crippen LogP contribution in [0.25, 0.3) is 0 Å². The van der Waals surface area contributed by atoms with Crippen LogP contribution in [0, 0.1) is 0 Å². The van der Waals surface area contributed by atoms with Crippen molar-refractivity contribution in [3.63, 3.8) is 0 Å². The van der Waals surface area contributed by atoms with E-state index in [0.717, 1.165) is 19.7 Å². The van der Waals surface area contributed by atoms with Crippen LogP contribution >= 0.6 is 0 Å². The average molecular weight is 243 g/mol. The topological polar surface area (TPSA) is 27.7 Å². The number of nitrogens with one attached hydrogen (secondary N) is 1. The van der Waals surface area contributed by atoms with Gasteiger partial charge in [-0.15, -0.1) is 0 Å². The predicted octanol–water partition coefficient (Wildman–Crippen LogP) is 0.637. The summed E-state index contributed by atoms with van der Waals surface area (Å²) in [5.74, 6) is 0. The Labute approximate surface area is 106 Å². The maximum absolute atomic E-state index is 5.31. The van der Waals surface area contributed by atoms with E-state index in [1.165, 1.54) is 19.3 Å². The fourth-order valence-electron chi connectivity index (χ4n) is 2.69. The smallest absolute Gasteiger partial charge is 0.0630 e. The number of ether oxygens (including phenoxy) is 1. The molecule has 102 valence electrons. The lowest BCUT2D eigenvalue weighted by Gasteiger charge is -2.50. The fourth-order valence-corrected chi connectivity index (χ4v) is 2.69. The van der Waals surface area contributed by atoms with Crippen LogP contribution < -0.4 is 5.32 Å². The third-order valence-corrected chi connectivity index (χ3v) is 4.20. The Hall–Kier alpha value is -0.160. The third-order valence-electron chi connectivity index (χ3n) is 4.20. The standard InChI is InChI=1S/C13H29N3O/c1-14-9-12(10-17-5)16(4)11-13(15(2)3)7-6-8-13/h12,14H,6-11H2,1-5H3. The van der Waals surface area contributed by atoms with Crippen LogP contribution in [0.2, 0.25) is 0 Å². The summed E-state index contributed by atoms with van der Waals surface area (Å²) in [6, 6.07) is 0.461. The summed E-state index contributed by atoms with van der Waals surface area (Å²) >= 11 is 0. The zero-order valence-corrected chi connectivity index (χ0v) is 12.1. The maximum Gasteiger partial charge on any atom is 0.0630 e. The number of hydrogen-bond donors (Lipinski definition) is 1. The van der Waals surface area contributed by atoms with Crippen molar-refractivity contribution in [2.45, 2.75) is 30.8 Å². The number of rotatable bonds is 8. The third kappa shape index (κ3) is 3.65. The van der Waals surface area contributed by atoms with Crippen LogP contribution in [0.5, 0.6) is 0 Å². The Morgan fingerprint density at radius 2 is 1.94 bits per heavy atom. The van der Waals surface area contributed by atoms with Gasteiger partial charge in [-0.2, -0.15) is 0 Å². The summed E-state index contributed by atoms with van der Waals surface area (Å²) in [5.41, 5.74) is 0.397. The van der Waals surface area contributed by atoms with Gasteiger partial charge in [0, 0.05) is 31.8 Å². The molecule has 4 heteroatoms. The van der Waals surface area contributed by atoms with Gasteiger partial charge in [0.05, 0.1) is 6.61 Å². The van der Waals surface area contributed by atoms with Gasteiger partial charge in [-0.25, -0.2) is 0 Å². The highest BCUT2D eigenvalue weighted by molar-refractivity contribution is 4.98. The van der Waals surface area contributed by atoms with E-state index in [-0.39, 0.29) is 0 Å². The molecule has 0 aromatic carbocycles. The van der Waals surface area contributed by atoms with E-state index >= 15 is 0 Å². The molecule has 1 atom stereocenters. The van der Waals surface area contributed by atoms with Gasteiger partial charge in [0.1, 0.15) is 0 Å². The maximum atomic E-state index is 5.31. The second-order valence-corrected chi connectivity index (χ2v) is 5.55. The number of nitrogens with zero attached hydrogens (tertiary/aromatic N) is 2. The highest BCUT2D eigenvalue weighted by Crippen LogP contribution is 2.36. The minimum absolute atomic E-state index is 0.397. The van der Waals surface area contributed by atoms with Gasteiger partial charge in [-0.05, 0) is 47.5 Å². The van der Waals surface area contributed by atoms with E-state index in [1.807, 2.05) is 7.05 Å². The summed E-state index contributed by atoms with van der Waals surface area (Å²) in [6.45, 7) is 2.91. The van der Waals surface area contributed by atoms with E-state index in [2.05, 4.69) is 36.3 Å². The van der Waals surface area contributed by atoms with Crippen LogP contribution in [0.15, 0.2) is 0 Å². The first-order valence-electron chi connectivity index (χ1n) is 6.57. The molecule has 1 N–H and O–H groups in total. The molecule has 1 rings (SSSR count). The molecular weight excluding hydrogens is 214 g/mol. The van der Waals surface area contributed by atoms with Crippen molar-refractivity contribution < 1.29 is 4.74 Å². The molecule has 0 amide bonds. The fraction of sp³-hybridized carbons (Fsp3) is 1.00. The highest BCUT2D eigenvalue weighted by atomic mass is 16.5. The average Bonchev–Trinajstić information content (AvgIpc) is 2.22. The molecule has 1 fully saturated rings. The van der Waals surface area contributed by atoms with Crippen molar-refractivity contribution in [1.29, 1.82) is 0 Å². The van der Waals surface area contributed by atoms with E-state index in [1.54, 1.807) is 7.11 Å². The van der Waals surface area contributed by atoms with Crippen LogP contribution in [0.3, 0.4) is 0 Å². The van der Waals surface area contributed by atoms with Crippen molar-refractivity contribution in [2.24, 2.45) is 0 Å². The summed E-state index contributed by atoms with van der Waals surface area (Å²) in [6.07, 6.45) is 4.01. The molecule has 0 bridgehead atoms. The predicted molar refractivity (Wildman–Crippen MR) is 72.5 cm³/mol. The van der Waals surface area contributed by atoms with Crippen LogP contribution in [0.4, 0.5) is 0 Å². The molecule has 17 heavy (non-hydrogen) atoms. The highest BCUT2D eigenvalue weighted by Gasteiger charge is 2.40. The lowest BCUT2D eigenvalue weighted by molar-refractivity contribution is 0.00378. The minimum Gasteiger partial charge on any atom is -0.383 e. The Kier molecular flexibility index (Phi) is 5.86. The van der Waals surface area contributed by atoms with Crippen molar-refractivity contribution in [3.8, 4) is 0 Å². The van der Waals surface area contributed by atoms with E-state index < -0.39 is 0 Å². The molecule has 0 saturated heterocycles. The summed E-state index contributed by atoms with van der Waals surface area (Å²) in [5, 5.41) is 3.25. The molecule has 1 saturated carbocycles. The first kappa shape index (κ1) is 14.9. The largest absolute Gasteiger partial charge is 0.383 e. The van der Waals surface area contributed by atoms with Gasteiger partial charge in [-0.1, -0.05) is 0 Å². The van der Waals surface area contributed by atoms with Gasteiger partial charge < -0.3 is 15.0 Å². The molecule has 0 aromatic rings. The van der Waals surface area contributed by atoms with Crippen molar-refractivity contribution in [3.05, 3.63) is 0 Å².